The van der Waals surface area contributed by atoms with Gasteiger partial charge in [-0.05, 0) is 36.5 Å². The van der Waals surface area contributed by atoms with Crippen molar-refractivity contribution in [3.05, 3.63) is 59.7 Å². The van der Waals surface area contributed by atoms with Crippen LogP contribution in [0, 0.1) is 17.8 Å². The largest absolute Gasteiger partial charge is 0.394 e. The molecule has 3 heterocycles. The van der Waals surface area contributed by atoms with Gasteiger partial charge in [0.25, 0.3) is 5.91 Å². The Balaban J connectivity index is 1.30. The monoisotopic (exact) mass is 444 g/mol. The molecule has 2 aliphatic heterocycles. The average molecular weight is 445 g/mol. The molecular weight excluding hydrogens is 416 g/mol. The average Bonchev–Trinajstić information content (AvgIpc) is 3.35. The Kier molecular flexibility index (Phi) is 6.10. The van der Waals surface area contributed by atoms with E-state index in [9.17, 15) is 14.7 Å². The molecule has 7 nitrogen and oxygen atoms in total. The number of carbonyl (C=O) groups excluding carboxylic acids is 2. The molecule has 1 N–H and O–H groups in total. The van der Waals surface area contributed by atoms with Gasteiger partial charge < -0.3 is 14.9 Å². The number of rotatable bonds is 4. The number of aromatic nitrogens is 2. The van der Waals surface area contributed by atoms with Crippen LogP contribution in [0.25, 0.3) is 0 Å². The van der Waals surface area contributed by atoms with Gasteiger partial charge in [0.05, 0.1) is 24.9 Å². The zero-order valence-corrected chi connectivity index (χ0v) is 18.6. The van der Waals surface area contributed by atoms with Gasteiger partial charge in [-0.3, -0.25) is 14.6 Å². The van der Waals surface area contributed by atoms with Crippen molar-refractivity contribution in [1.82, 2.24) is 19.8 Å². The van der Waals surface area contributed by atoms with Gasteiger partial charge >= 0.3 is 0 Å². The van der Waals surface area contributed by atoms with Crippen molar-refractivity contribution in [3.63, 3.8) is 0 Å². The highest BCUT2D eigenvalue weighted by molar-refractivity contribution is 5.96. The van der Waals surface area contributed by atoms with Crippen LogP contribution in [0.5, 0.6) is 0 Å². The molecule has 1 aromatic carbocycles. The molecule has 0 bridgehead atoms. The number of aliphatic hydroxyl groups excluding tert-OH is 1. The summed E-state index contributed by atoms with van der Waals surface area (Å²) in [7, 11) is 0. The molecular formula is C26H28N4O3. The molecule has 1 saturated carbocycles. The number of aliphatic hydroxyl groups is 1. The number of hydrogen-bond donors (Lipinski definition) is 1. The standard InChI is InChI=1S/C26H28N4O3/c31-17-23-25(20-10-8-19(9-11-20)7-3-6-18-4-1-2-5-18)22-15-29(16-24(32)30(22)23)26(33)21-14-27-12-13-28-21/h8-14,18,22-23,25,31H,1-2,4-6,15-17H2/t22-,23-,25-/m1/s1. The first kappa shape index (κ1) is 21.6. The molecule has 5 rings (SSSR count). The molecule has 2 amide bonds. The summed E-state index contributed by atoms with van der Waals surface area (Å²) in [6.07, 6.45) is 10.6. The highest BCUT2D eigenvalue weighted by Gasteiger charge is 2.54. The first-order valence-corrected chi connectivity index (χ1v) is 11.7. The van der Waals surface area contributed by atoms with Gasteiger partial charge in [-0.25, -0.2) is 4.98 Å². The third kappa shape index (κ3) is 4.23. The van der Waals surface area contributed by atoms with Crippen LogP contribution in [0.1, 0.15) is 59.6 Å². The second-order valence-corrected chi connectivity index (χ2v) is 9.20. The summed E-state index contributed by atoms with van der Waals surface area (Å²) in [6, 6.07) is 7.68. The van der Waals surface area contributed by atoms with Gasteiger partial charge in [-0.15, -0.1) is 0 Å². The lowest BCUT2D eigenvalue weighted by molar-refractivity contribution is -0.159. The Morgan fingerprint density at radius 3 is 2.64 bits per heavy atom. The van der Waals surface area contributed by atoms with E-state index in [0.29, 0.717) is 6.54 Å². The van der Waals surface area contributed by atoms with Gasteiger partial charge in [0.2, 0.25) is 5.91 Å². The summed E-state index contributed by atoms with van der Waals surface area (Å²) in [4.78, 5) is 37.0. The summed E-state index contributed by atoms with van der Waals surface area (Å²) in [5.41, 5.74) is 2.26. The molecule has 3 aliphatic rings. The Morgan fingerprint density at radius 2 is 1.94 bits per heavy atom. The summed E-state index contributed by atoms with van der Waals surface area (Å²) >= 11 is 0. The van der Waals surface area contributed by atoms with Crippen molar-refractivity contribution in [2.75, 3.05) is 19.7 Å². The smallest absolute Gasteiger partial charge is 0.274 e. The van der Waals surface area contributed by atoms with E-state index in [-0.39, 0.29) is 48.7 Å². The van der Waals surface area contributed by atoms with Crippen LogP contribution in [0.2, 0.25) is 0 Å². The molecule has 2 aromatic rings. The minimum atomic E-state index is -0.296. The van der Waals surface area contributed by atoms with Crippen molar-refractivity contribution in [1.29, 1.82) is 0 Å². The third-order valence-corrected chi connectivity index (χ3v) is 7.22. The van der Waals surface area contributed by atoms with Crippen molar-refractivity contribution in [3.8, 4) is 11.8 Å². The predicted octanol–water partition coefficient (Wildman–Crippen LogP) is 2.22. The first-order chi connectivity index (χ1) is 16.2. The molecule has 0 spiro atoms. The fourth-order valence-electron chi connectivity index (χ4n) is 5.53. The summed E-state index contributed by atoms with van der Waals surface area (Å²) < 4.78 is 0. The fraction of sp³-hybridized carbons (Fsp3) is 0.462. The normalized spacial score (nSPS) is 24.6. The highest BCUT2D eigenvalue weighted by atomic mass is 16.3. The van der Waals surface area contributed by atoms with E-state index in [2.05, 4.69) is 21.8 Å². The first-order valence-electron chi connectivity index (χ1n) is 11.7. The predicted molar refractivity (Wildman–Crippen MR) is 122 cm³/mol. The van der Waals surface area contributed by atoms with Gasteiger partial charge in [0.15, 0.2) is 0 Å². The summed E-state index contributed by atoms with van der Waals surface area (Å²) in [5, 5.41) is 9.99. The Hall–Kier alpha value is -3.24. The highest BCUT2D eigenvalue weighted by Crippen LogP contribution is 2.43. The molecule has 3 atom stereocenters. The second-order valence-electron chi connectivity index (χ2n) is 9.20. The van der Waals surface area contributed by atoms with Gasteiger partial charge in [-0.1, -0.05) is 36.8 Å². The van der Waals surface area contributed by atoms with E-state index >= 15 is 0 Å². The van der Waals surface area contributed by atoms with Crippen LogP contribution in [0.4, 0.5) is 0 Å². The number of fused-ring (bicyclic) bond motifs is 1. The van der Waals surface area contributed by atoms with Crippen molar-refractivity contribution in [2.24, 2.45) is 5.92 Å². The molecule has 33 heavy (non-hydrogen) atoms. The molecule has 7 heteroatoms. The van der Waals surface area contributed by atoms with Crippen LogP contribution >= 0.6 is 0 Å². The van der Waals surface area contributed by atoms with Crippen molar-refractivity contribution < 1.29 is 14.7 Å². The number of piperazine rings is 1. The number of hydrogen-bond acceptors (Lipinski definition) is 5. The van der Waals surface area contributed by atoms with Crippen LogP contribution < -0.4 is 0 Å². The minimum absolute atomic E-state index is 0.00928. The Morgan fingerprint density at radius 1 is 1.15 bits per heavy atom. The molecule has 1 aliphatic carbocycles. The van der Waals surface area contributed by atoms with Crippen molar-refractivity contribution >= 4 is 11.8 Å². The maximum atomic E-state index is 12.8. The second kappa shape index (κ2) is 9.32. The SMILES string of the molecule is O=C(c1cnccn1)N1CC(=O)N2[C@H](CO)[C@H](c3ccc(C#CCC4CCCC4)cc3)[C@H]2C1. The van der Waals surface area contributed by atoms with E-state index in [4.69, 9.17) is 0 Å². The fourth-order valence-corrected chi connectivity index (χ4v) is 5.53. The third-order valence-electron chi connectivity index (χ3n) is 7.22. The van der Waals surface area contributed by atoms with E-state index in [1.165, 1.54) is 49.2 Å². The Labute approximate surface area is 193 Å². The van der Waals surface area contributed by atoms with E-state index in [1.54, 1.807) is 4.90 Å². The Bertz CT molecular complexity index is 1070. The molecule has 3 fully saturated rings. The zero-order chi connectivity index (χ0) is 22.8. The van der Waals surface area contributed by atoms with Crippen molar-refractivity contribution in [2.45, 2.75) is 50.1 Å². The van der Waals surface area contributed by atoms with E-state index < -0.39 is 0 Å². The topological polar surface area (TPSA) is 86.6 Å². The van der Waals surface area contributed by atoms with Crippen LogP contribution in [0.15, 0.2) is 42.9 Å². The number of benzene rings is 1. The lowest BCUT2D eigenvalue weighted by atomic mass is 9.73. The van der Waals surface area contributed by atoms with Crippen LogP contribution in [0.3, 0.4) is 0 Å². The van der Waals surface area contributed by atoms with Gasteiger partial charge in [0.1, 0.15) is 12.2 Å². The van der Waals surface area contributed by atoms with Crippen LogP contribution in [-0.2, 0) is 4.79 Å². The number of amides is 2. The molecule has 0 radical (unpaired) electrons. The lowest BCUT2D eigenvalue weighted by Crippen LogP contribution is -2.73. The lowest BCUT2D eigenvalue weighted by Gasteiger charge is -2.58. The quantitative estimate of drug-likeness (QED) is 0.731. The number of carbonyl (C=O) groups is 2. The summed E-state index contributed by atoms with van der Waals surface area (Å²) in [6.45, 7) is 0.296. The maximum absolute atomic E-state index is 12.8. The molecule has 170 valence electrons. The molecule has 1 aromatic heterocycles. The van der Waals surface area contributed by atoms with Gasteiger partial charge in [-0.2, -0.15) is 0 Å². The minimum Gasteiger partial charge on any atom is -0.394 e. The van der Waals surface area contributed by atoms with E-state index in [1.807, 2.05) is 24.3 Å². The van der Waals surface area contributed by atoms with E-state index in [0.717, 1.165) is 23.5 Å². The molecule has 0 unspecified atom stereocenters. The van der Waals surface area contributed by atoms with Crippen LogP contribution in [-0.4, -0.2) is 68.5 Å². The summed E-state index contributed by atoms with van der Waals surface area (Å²) in [5.74, 6) is 6.88. The maximum Gasteiger partial charge on any atom is 0.274 e. The zero-order valence-electron chi connectivity index (χ0n) is 18.6. The number of nitrogens with zero attached hydrogens (tertiary/aromatic N) is 4. The van der Waals surface area contributed by atoms with Gasteiger partial charge in [0, 0.05) is 36.8 Å². The molecule has 2 saturated heterocycles.